The van der Waals surface area contributed by atoms with Gasteiger partial charge in [0.2, 0.25) is 10.0 Å². The first-order chi connectivity index (χ1) is 17.4. The van der Waals surface area contributed by atoms with E-state index in [-0.39, 0.29) is 17.9 Å². The summed E-state index contributed by atoms with van der Waals surface area (Å²) in [5.74, 6) is 1.21. The van der Waals surface area contributed by atoms with E-state index in [9.17, 15) is 13.2 Å². The van der Waals surface area contributed by atoms with E-state index in [1.54, 1.807) is 12.1 Å². The van der Waals surface area contributed by atoms with Gasteiger partial charge >= 0.3 is 5.97 Å². The summed E-state index contributed by atoms with van der Waals surface area (Å²) in [4.78, 5) is 12.6. The summed E-state index contributed by atoms with van der Waals surface area (Å²) in [6, 6.07) is 10.4. The van der Waals surface area contributed by atoms with E-state index in [0.29, 0.717) is 37.1 Å². The molecule has 0 amide bonds. The average Bonchev–Trinajstić information content (AvgIpc) is 2.90. The van der Waals surface area contributed by atoms with E-state index in [4.69, 9.17) is 14.2 Å². The summed E-state index contributed by atoms with van der Waals surface area (Å²) in [6.07, 6.45) is 6.47. The fourth-order valence-electron chi connectivity index (χ4n) is 5.45. The van der Waals surface area contributed by atoms with Crippen LogP contribution in [0.15, 0.2) is 41.3 Å². The van der Waals surface area contributed by atoms with Crippen LogP contribution in [0.1, 0.15) is 81.0 Å². The Morgan fingerprint density at radius 3 is 2.22 bits per heavy atom. The number of nitrogens with zero attached hydrogens (tertiary/aromatic N) is 1. The summed E-state index contributed by atoms with van der Waals surface area (Å²) in [7, 11) is -2.53. The second-order valence-corrected chi connectivity index (χ2v) is 11.3. The molecule has 7 nitrogen and oxygen atoms in total. The predicted octanol–water partition coefficient (Wildman–Crippen LogP) is 5.38. The van der Waals surface area contributed by atoms with Crippen molar-refractivity contribution < 1.29 is 27.4 Å². The van der Waals surface area contributed by atoms with Crippen molar-refractivity contribution in [2.24, 2.45) is 0 Å². The molecule has 2 aliphatic rings. The quantitative estimate of drug-likeness (QED) is 0.417. The van der Waals surface area contributed by atoms with Crippen molar-refractivity contribution in [1.29, 1.82) is 0 Å². The third-order valence-corrected chi connectivity index (χ3v) is 9.19. The molecule has 1 unspecified atom stereocenters. The molecule has 0 spiro atoms. The molecule has 1 aliphatic carbocycles. The van der Waals surface area contributed by atoms with Crippen LogP contribution in [0.3, 0.4) is 0 Å². The van der Waals surface area contributed by atoms with Crippen molar-refractivity contribution in [2.75, 3.05) is 26.9 Å². The second-order valence-electron chi connectivity index (χ2n) is 9.43. The third kappa shape index (κ3) is 5.54. The van der Waals surface area contributed by atoms with Crippen molar-refractivity contribution in [3.8, 4) is 11.5 Å². The minimum atomic E-state index is -3.85. The Bertz CT molecular complexity index is 1160. The Hall–Kier alpha value is -2.58. The number of fused-ring (bicyclic) bond motifs is 1. The number of rotatable bonds is 9. The minimum Gasteiger partial charge on any atom is -0.490 e. The van der Waals surface area contributed by atoms with E-state index in [1.165, 1.54) is 36.2 Å². The Balaban J connectivity index is 1.69. The fourth-order valence-corrected chi connectivity index (χ4v) is 7.05. The maximum absolute atomic E-state index is 13.9. The molecular weight excluding hydrogens is 478 g/mol. The molecule has 1 aliphatic heterocycles. The number of hydrogen-bond acceptors (Lipinski definition) is 6. The average molecular weight is 516 g/mol. The Morgan fingerprint density at radius 1 is 0.972 bits per heavy atom. The van der Waals surface area contributed by atoms with Gasteiger partial charge in [-0.1, -0.05) is 31.4 Å². The van der Waals surface area contributed by atoms with Crippen LogP contribution >= 0.6 is 0 Å². The van der Waals surface area contributed by atoms with Gasteiger partial charge in [0.25, 0.3) is 0 Å². The van der Waals surface area contributed by atoms with Gasteiger partial charge in [0, 0.05) is 6.54 Å². The normalized spacial score (nSPS) is 18.9. The van der Waals surface area contributed by atoms with E-state index in [2.05, 4.69) is 0 Å². The monoisotopic (exact) mass is 515 g/mol. The summed E-state index contributed by atoms with van der Waals surface area (Å²) in [5.41, 5.74) is 2.91. The van der Waals surface area contributed by atoms with Gasteiger partial charge in [0.1, 0.15) is 0 Å². The smallest absolute Gasteiger partial charge is 0.307 e. The molecule has 1 heterocycles. The van der Waals surface area contributed by atoms with Gasteiger partial charge in [0.15, 0.2) is 11.5 Å². The zero-order valence-corrected chi connectivity index (χ0v) is 22.3. The van der Waals surface area contributed by atoms with Crippen LogP contribution in [-0.2, 0) is 26.0 Å². The van der Waals surface area contributed by atoms with Crippen molar-refractivity contribution in [3.05, 3.63) is 53.1 Å². The molecule has 0 radical (unpaired) electrons. The molecule has 196 valence electrons. The first kappa shape index (κ1) is 26.5. The number of carbonyl (C=O) groups is 1. The number of esters is 1. The number of sulfonamides is 1. The molecule has 0 aromatic heterocycles. The summed E-state index contributed by atoms with van der Waals surface area (Å²) < 4.78 is 45.7. The topological polar surface area (TPSA) is 82.1 Å². The van der Waals surface area contributed by atoms with E-state index in [0.717, 1.165) is 24.0 Å². The van der Waals surface area contributed by atoms with Crippen molar-refractivity contribution in [1.82, 2.24) is 4.31 Å². The molecular formula is C28H37NO6S. The largest absolute Gasteiger partial charge is 0.490 e. The summed E-state index contributed by atoms with van der Waals surface area (Å²) in [6.45, 7) is 4.98. The lowest BCUT2D eigenvalue weighted by Crippen LogP contribution is -2.41. The van der Waals surface area contributed by atoms with Gasteiger partial charge in [-0.3, -0.25) is 4.79 Å². The molecule has 0 saturated heterocycles. The maximum Gasteiger partial charge on any atom is 0.307 e. The highest BCUT2D eigenvalue weighted by Gasteiger charge is 2.38. The highest BCUT2D eigenvalue weighted by atomic mass is 32.2. The lowest BCUT2D eigenvalue weighted by atomic mass is 9.84. The van der Waals surface area contributed by atoms with E-state index < -0.39 is 22.0 Å². The number of methoxy groups -OCH3 is 1. The van der Waals surface area contributed by atoms with E-state index >= 15 is 0 Å². The minimum absolute atomic E-state index is 0.0809. The number of benzene rings is 2. The molecule has 1 saturated carbocycles. The zero-order valence-electron chi connectivity index (χ0n) is 21.5. The first-order valence-corrected chi connectivity index (χ1v) is 14.4. The molecule has 0 bridgehead atoms. The van der Waals surface area contributed by atoms with Crippen molar-refractivity contribution >= 4 is 16.0 Å². The first-order valence-electron chi connectivity index (χ1n) is 13.0. The Kier molecular flexibility index (Phi) is 8.57. The van der Waals surface area contributed by atoms with Crippen LogP contribution in [0.5, 0.6) is 11.5 Å². The molecule has 36 heavy (non-hydrogen) atoms. The van der Waals surface area contributed by atoms with Crippen LogP contribution in [0.25, 0.3) is 0 Å². The summed E-state index contributed by atoms with van der Waals surface area (Å²) >= 11 is 0. The zero-order chi connectivity index (χ0) is 25.7. The van der Waals surface area contributed by atoms with Gasteiger partial charge in [0.05, 0.1) is 37.7 Å². The lowest BCUT2D eigenvalue weighted by molar-refractivity contribution is -0.141. The van der Waals surface area contributed by atoms with Crippen LogP contribution < -0.4 is 9.47 Å². The van der Waals surface area contributed by atoms with Crippen LogP contribution in [-0.4, -0.2) is 45.6 Å². The lowest BCUT2D eigenvalue weighted by Gasteiger charge is -2.36. The van der Waals surface area contributed by atoms with Crippen LogP contribution in [0.2, 0.25) is 0 Å². The Labute approximate surface area is 214 Å². The standard InChI is InChI=1S/C28H37NO6S/c1-4-34-26-17-22-15-16-29(25(19-28(30)33-3)24(22)18-27(26)35-5-2)36(31,32)23-13-11-21(12-14-23)20-9-7-6-8-10-20/h11-14,17-18,20,25H,4-10,15-16,19H2,1-3H3. The maximum atomic E-state index is 13.9. The second kappa shape index (κ2) is 11.6. The molecule has 2 aromatic rings. The molecule has 1 atom stereocenters. The van der Waals surface area contributed by atoms with Gasteiger partial charge in [-0.25, -0.2) is 8.42 Å². The molecule has 4 rings (SSSR count). The number of hydrogen-bond donors (Lipinski definition) is 0. The third-order valence-electron chi connectivity index (χ3n) is 7.26. The van der Waals surface area contributed by atoms with Gasteiger partial charge in [-0.05, 0) is 80.0 Å². The van der Waals surface area contributed by atoms with Crippen LogP contribution in [0, 0.1) is 0 Å². The number of carbonyl (C=O) groups excluding carboxylic acids is 1. The van der Waals surface area contributed by atoms with Crippen LogP contribution in [0.4, 0.5) is 0 Å². The molecule has 0 N–H and O–H groups in total. The fraction of sp³-hybridized carbons (Fsp3) is 0.536. The van der Waals surface area contributed by atoms with Crippen molar-refractivity contribution in [3.63, 3.8) is 0 Å². The Morgan fingerprint density at radius 2 is 1.61 bits per heavy atom. The number of ether oxygens (including phenoxy) is 3. The van der Waals surface area contributed by atoms with Gasteiger partial charge in [-0.15, -0.1) is 0 Å². The summed E-state index contributed by atoms with van der Waals surface area (Å²) in [5, 5.41) is 0. The highest BCUT2D eigenvalue weighted by molar-refractivity contribution is 7.89. The molecule has 2 aromatic carbocycles. The predicted molar refractivity (Wildman–Crippen MR) is 138 cm³/mol. The molecule has 8 heteroatoms. The molecule has 1 fully saturated rings. The van der Waals surface area contributed by atoms with Gasteiger partial charge in [-0.2, -0.15) is 4.31 Å². The van der Waals surface area contributed by atoms with E-state index in [1.807, 2.05) is 38.1 Å². The van der Waals surface area contributed by atoms with Crippen molar-refractivity contribution in [2.45, 2.75) is 75.6 Å². The van der Waals surface area contributed by atoms with Gasteiger partial charge < -0.3 is 14.2 Å². The highest BCUT2D eigenvalue weighted by Crippen LogP contribution is 2.42. The SMILES string of the molecule is CCOc1cc2c(cc1OCC)C(CC(=O)OC)N(S(=O)(=O)c1ccc(C3CCCCC3)cc1)CC2.